The van der Waals surface area contributed by atoms with E-state index in [1.165, 1.54) is 0 Å². The first-order chi connectivity index (χ1) is 14.1. The van der Waals surface area contributed by atoms with Crippen molar-refractivity contribution in [2.24, 2.45) is 11.7 Å². The van der Waals surface area contributed by atoms with Gasteiger partial charge < -0.3 is 26.0 Å². The van der Waals surface area contributed by atoms with Gasteiger partial charge in [-0.3, -0.25) is 14.4 Å². The van der Waals surface area contributed by atoms with Gasteiger partial charge in [-0.2, -0.15) is 0 Å². The Morgan fingerprint density at radius 3 is 2.57 bits per heavy atom. The molecule has 1 aromatic carbocycles. The molecule has 4 amide bonds. The molecular formula is C21H30N4O5. The second kappa shape index (κ2) is 10.1. The van der Waals surface area contributed by atoms with Crippen LogP contribution in [-0.4, -0.2) is 54.0 Å². The molecular weight excluding hydrogens is 388 g/mol. The highest BCUT2D eigenvalue weighted by Crippen LogP contribution is 2.22. The maximum atomic E-state index is 12.8. The molecule has 1 heterocycles. The van der Waals surface area contributed by atoms with Crippen molar-refractivity contribution >= 4 is 29.5 Å². The third-order valence-corrected chi connectivity index (χ3v) is 4.53. The van der Waals surface area contributed by atoms with Crippen molar-refractivity contribution in [1.82, 2.24) is 10.2 Å². The molecule has 0 saturated carbocycles. The van der Waals surface area contributed by atoms with E-state index < -0.39 is 29.4 Å². The maximum Gasteiger partial charge on any atom is 0.410 e. The maximum absolute atomic E-state index is 12.8. The lowest BCUT2D eigenvalue weighted by molar-refractivity contribution is -0.121. The summed E-state index contributed by atoms with van der Waals surface area (Å²) < 4.78 is 5.40. The lowest BCUT2D eigenvalue weighted by Crippen LogP contribution is -2.45. The number of ether oxygens (including phenoxy) is 1. The lowest BCUT2D eigenvalue weighted by Gasteiger charge is -2.33. The van der Waals surface area contributed by atoms with Crippen LogP contribution in [0.2, 0.25) is 0 Å². The van der Waals surface area contributed by atoms with Gasteiger partial charge in [-0.05, 0) is 45.7 Å². The molecule has 30 heavy (non-hydrogen) atoms. The zero-order valence-electron chi connectivity index (χ0n) is 17.7. The van der Waals surface area contributed by atoms with E-state index >= 15 is 0 Å². The van der Waals surface area contributed by atoms with Crippen LogP contribution >= 0.6 is 0 Å². The van der Waals surface area contributed by atoms with Gasteiger partial charge in [0.25, 0.3) is 5.91 Å². The van der Waals surface area contributed by atoms with Gasteiger partial charge in [-0.25, -0.2) is 4.79 Å². The summed E-state index contributed by atoms with van der Waals surface area (Å²) in [4.78, 5) is 49.9. The van der Waals surface area contributed by atoms with Crippen LogP contribution in [0.15, 0.2) is 24.3 Å². The molecule has 164 valence electrons. The van der Waals surface area contributed by atoms with Crippen LogP contribution in [0, 0.1) is 5.92 Å². The van der Waals surface area contributed by atoms with Crippen LogP contribution in [0.1, 0.15) is 50.4 Å². The number of nitrogens with two attached hydrogens (primary N) is 1. The zero-order chi connectivity index (χ0) is 22.3. The number of primary amides is 1. The number of carbonyl (C=O) groups excluding carboxylic acids is 4. The van der Waals surface area contributed by atoms with Gasteiger partial charge in [0, 0.05) is 26.1 Å². The molecule has 0 aliphatic carbocycles. The minimum absolute atomic E-state index is 0.0306. The summed E-state index contributed by atoms with van der Waals surface area (Å²) in [7, 11) is 0. The topological polar surface area (TPSA) is 131 Å². The van der Waals surface area contributed by atoms with E-state index in [2.05, 4.69) is 10.6 Å². The monoisotopic (exact) mass is 418 g/mol. The van der Waals surface area contributed by atoms with Crippen molar-refractivity contribution < 1.29 is 23.9 Å². The van der Waals surface area contributed by atoms with Crippen LogP contribution in [0.4, 0.5) is 10.5 Å². The molecule has 9 heteroatoms. The highest BCUT2D eigenvalue weighted by Gasteiger charge is 2.31. The third-order valence-electron chi connectivity index (χ3n) is 4.53. The molecule has 0 aromatic heterocycles. The van der Waals surface area contributed by atoms with Gasteiger partial charge in [-0.1, -0.05) is 12.1 Å². The Bertz CT molecular complexity index is 803. The summed E-state index contributed by atoms with van der Waals surface area (Å²) in [5.74, 6) is -1.59. The minimum atomic E-state index is -0.604. The van der Waals surface area contributed by atoms with Crippen LogP contribution in [0.3, 0.4) is 0 Å². The Balaban J connectivity index is 2.01. The molecule has 1 aliphatic heterocycles. The first kappa shape index (κ1) is 23.2. The second-order valence-electron chi connectivity index (χ2n) is 8.27. The number of para-hydroxylation sites is 1. The van der Waals surface area contributed by atoms with E-state index in [1.807, 2.05) is 0 Å². The predicted octanol–water partition coefficient (Wildman–Crippen LogP) is 1.88. The summed E-state index contributed by atoms with van der Waals surface area (Å²) >= 11 is 0. The zero-order valence-corrected chi connectivity index (χ0v) is 17.7. The van der Waals surface area contributed by atoms with Crippen LogP contribution in [0.5, 0.6) is 0 Å². The molecule has 9 nitrogen and oxygen atoms in total. The largest absolute Gasteiger partial charge is 0.444 e. The first-order valence-corrected chi connectivity index (χ1v) is 10.0. The minimum Gasteiger partial charge on any atom is -0.444 e. The summed E-state index contributed by atoms with van der Waals surface area (Å²) in [6, 6.07) is 6.62. The molecule has 1 saturated heterocycles. The first-order valence-electron chi connectivity index (χ1n) is 10.0. The van der Waals surface area contributed by atoms with Crippen molar-refractivity contribution in [3.05, 3.63) is 29.8 Å². The van der Waals surface area contributed by atoms with Gasteiger partial charge >= 0.3 is 6.09 Å². The van der Waals surface area contributed by atoms with Gasteiger partial charge in [0.2, 0.25) is 11.8 Å². The second-order valence-corrected chi connectivity index (χ2v) is 8.27. The molecule has 1 fully saturated rings. The van der Waals surface area contributed by atoms with Crippen LogP contribution in [-0.2, 0) is 14.3 Å². The van der Waals surface area contributed by atoms with Gasteiger partial charge in [0.05, 0.1) is 17.2 Å². The highest BCUT2D eigenvalue weighted by molar-refractivity contribution is 6.04. The molecule has 0 radical (unpaired) electrons. The molecule has 2 rings (SSSR count). The number of rotatable bonds is 6. The Hall–Kier alpha value is -3.10. The molecule has 4 N–H and O–H groups in total. The van der Waals surface area contributed by atoms with Crippen LogP contribution < -0.4 is 16.4 Å². The molecule has 1 aromatic rings. The lowest BCUT2D eigenvalue weighted by atomic mass is 9.97. The number of piperidine rings is 1. The van der Waals surface area contributed by atoms with Crippen molar-refractivity contribution in [3.63, 3.8) is 0 Å². The highest BCUT2D eigenvalue weighted by atomic mass is 16.6. The number of anilines is 1. The van der Waals surface area contributed by atoms with Crippen molar-refractivity contribution in [2.45, 2.75) is 45.6 Å². The molecule has 1 unspecified atom stereocenters. The van der Waals surface area contributed by atoms with Crippen molar-refractivity contribution in [1.29, 1.82) is 0 Å². The van der Waals surface area contributed by atoms with Gasteiger partial charge in [-0.15, -0.1) is 0 Å². The number of nitrogens with zero attached hydrogens (tertiary/aromatic N) is 1. The van der Waals surface area contributed by atoms with Crippen LogP contribution in [0.25, 0.3) is 0 Å². The SMILES string of the molecule is CC(C)(C)OC(=O)N1CCCC(C(=O)Nc2ccccc2C(=O)NCCC(N)=O)C1. The summed E-state index contributed by atoms with van der Waals surface area (Å²) in [5.41, 5.74) is 5.13. The standard InChI is InChI=1S/C21H30N4O5/c1-21(2,3)30-20(29)25-12-6-7-14(13-25)18(27)24-16-9-5-4-8-15(16)19(28)23-11-10-17(22)26/h4-5,8-9,14H,6-7,10-13H2,1-3H3,(H2,22,26)(H,23,28)(H,24,27). The molecule has 0 bridgehead atoms. The molecule has 1 aliphatic rings. The normalized spacial score (nSPS) is 16.5. The number of likely N-dealkylation sites (tertiary alicyclic amines) is 1. The van der Waals surface area contributed by atoms with Crippen molar-refractivity contribution in [2.75, 3.05) is 25.0 Å². The third kappa shape index (κ3) is 7.06. The van der Waals surface area contributed by atoms with E-state index in [0.29, 0.717) is 25.1 Å². The Morgan fingerprint density at radius 2 is 1.90 bits per heavy atom. The fourth-order valence-electron chi connectivity index (χ4n) is 3.10. The summed E-state index contributed by atoms with van der Waals surface area (Å²) in [5, 5.41) is 5.40. The number of hydrogen-bond acceptors (Lipinski definition) is 5. The van der Waals surface area contributed by atoms with E-state index in [0.717, 1.165) is 0 Å². The van der Waals surface area contributed by atoms with E-state index in [-0.39, 0.29) is 31.0 Å². The number of nitrogens with one attached hydrogen (secondary N) is 2. The quantitative estimate of drug-likeness (QED) is 0.649. The number of amides is 4. The van der Waals surface area contributed by atoms with Gasteiger partial charge in [0.15, 0.2) is 0 Å². The van der Waals surface area contributed by atoms with E-state index in [4.69, 9.17) is 10.5 Å². The smallest absolute Gasteiger partial charge is 0.410 e. The number of hydrogen-bond donors (Lipinski definition) is 3. The molecule has 0 spiro atoms. The van der Waals surface area contributed by atoms with E-state index in [1.54, 1.807) is 49.9 Å². The van der Waals surface area contributed by atoms with E-state index in [9.17, 15) is 19.2 Å². The Kier molecular flexibility index (Phi) is 7.79. The number of carbonyl (C=O) groups is 4. The van der Waals surface area contributed by atoms with Crippen molar-refractivity contribution in [3.8, 4) is 0 Å². The average molecular weight is 418 g/mol. The fourth-order valence-corrected chi connectivity index (χ4v) is 3.10. The Labute approximate surface area is 176 Å². The number of benzene rings is 1. The molecule has 1 atom stereocenters. The summed E-state index contributed by atoms with van der Waals surface area (Å²) in [6.45, 7) is 6.30. The predicted molar refractivity (Wildman–Crippen MR) is 112 cm³/mol. The van der Waals surface area contributed by atoms with Gasteiger partial charge in [0.1, 0.15) is 5.60 Å². The fraction of sp³-hybridized carbons (Fsp3) is 0.524. The Morgan fingerprint density at radius 1 is 1.20 bits per heavy atom. The average Bonchev–Trinajstić information content (AvgIpc) is 2.66. The summed E-state index contributed by atoms with van der Waals surface area (Å²) in [6.07, 6.45) is 0.919.